The summed E-state index contributed by atoms with van der Waals surface area (Å²) in [5.74, 6) is 0. The molecule has 0 aromatic heterocycles. The second-order valence-electron chi connectivity index (χ2n) is 5.16. The van der Waals surface area contributed by atoms with E-state index in [1.807, 2.05) is 31.2 Å². The second-order valence-corrected chi connectivity index (χ2v) is 6.41. The van der Waals surface area contributed by atoms with Crippen molar-refractivity contribution in [2.24, 2.45) is 0 Å². The zero-order chi connectivity index (χ0) is 14.3. The van der Waals surface area contributed by atoms with Gasteiger partial charge in [0.25, 0.3) is 0 Å². The smallest absolute Gasteiger partial charge is 0.0641 e. The highest BCUT2D eigenvalue weighted by Crippen LogP contribution is 2.38. The molecule has 0 amide bonds. The van der Waals surface area contributed by atoms with Gasteiger partial charge in [0.2, 0.25) is 0 Å². The Hall–Kier alpha value is -0.890. The van der Waals surface area contributed by atoms with E-state index in [0.29, 0.717) is 5.02 Å². The van der Waals surface area contributed by atoms with Crippen LogP contribution < -0.4 is 5.32 Å². The Balaban J connectivity index is 1.89. The van der Waals surface area contributed by atoms with Crippen LogP contribution in [0.15, 0.2) is 30.3 Å². The maximum Gasteiger partial charge on any atom is 0.0641 e. The van der Waals surface area contributed by atoms with Crippen molar-refractivity contribution < 1.29 is 0 Å². The third-order valence-corrected chi connectivity index (χ3v) is 4.72. The molecule has 0 saturated carbocycles. The van der Waals surface area contributed by atoms with Crippen molar-refractivity contribution in [3.8, 4) is 0 Å². The third kappa shape index (κ3) is 2.63. The molecule has 0 fully saturated rings. The molecule has 0 aliphatic heterocycles. The minimum Gasteiger partial charge on any atom is -0.377 e. The number of hydrogen-bond acceptors (Lipinski definition) is 1. The van der Waals surface area contributed by atoms with Crippen LogP contribution in [0.3, 0.4) is 0 Å². The quantitative estimate of drug-likeness (QED) is 0.708. The molecule has 2 aromatic carbocycles. The van der Waals surface area contributed by atoms with Crippen molar-refractivity contribution in [1.29, 1.82) is 0 Å². The molecular formula is C16H14Cl3N. The maximum absolute atomic E-state index is 6.29. The number of halogens is 3. The van der Waals surface area contributed by atoms with Crippen LogP contribution in [0, 0.1) is 6.92 Å². The van der Waals surface area contributed by atoms with Crippen molar-refractivity contribution in [3.63, 3.8) is 0 Å². The Bertz CT molecular complexity index is 667. The molecule has 4 heteroatoms. The van der Waals surface area contributed by atoms with E-state index < -0.39 is 0 Å². The van der Waals surface area contributed by atoms with Crippen LogP contribution in [0.2, 0.25) is 15.1 Å². The first-order chi connectivity index (χ1) is 9.54. The summed E-state index contributed by atoms with van der Waals surface area (Å²) in [6.07, 6.45) is 2.07. The molecule has 104 valence electrons. The van der Waals surface area contributed by atoms with Crippen LogP contribution in [-0.4, -0.2) is 0 Å². The van der Waals surface area contributed by atoms with Crippen molar-refractivity contribution in [1.82, 2.24) is 0 Å². The van der Waals surface area contributed by atoms with Crippen LogP contribution in [0.5, 0.6) is 0 Å². The summed E-state index contributed by atoms with van der Waals surface area (Å²) in [6.45, 7) is 1.95. The van der Waals surface area contributed by atoms with Crippen LogP contribution in [0.1, 0.15) is 29.2 Å². The van der Waals surface area contributed by atoms with Gasteiger partial charge in [0, 0.05) is 10.0 Å². The number of benzene rings is 2. The Labute approximate surface area is 133 Å². The summed E-state index contributed by atoms with van der Waals surface area (Å²) < 4.78 is 0. The summed E-state index contributed by atoms with van der Waals surface area (Å²) in [4.78, 5) is 0. The predicted molar refractivity (Wildman–Crippen MR) is 87.3 cm³/mol. The molecule has 1 aliphatic carbocycles. The Kier molecular flexibility index (Phi) is 3.85. The van der Waals surface area contributed by atoms with E-state index in [4.69, 9.17) is 34.8 Å². The highest BCUT2D eigenvalue weighted by molar-refractivity contribution is 6.35. The Morgan fingerprint density at radius 2 is 1.85 bits per heavy atom. The zero-order valence-corrected chi connectivity index (χ0v) is 13.3. The fourth-order valence-corrected chi connectivity index (χ4v) is 3.31. The predicted octanol–water partition coefficient (Wildman–Crippen LogP) is 6.05. The molecule has 1 unspecified atom stereocenters. The van der Waals surface area contributed by atoms with Gasteiger partial charge in [0.1, 0.15) is 0 Å². The van der Waals surface area contributed by atoms with Gasteiger partial charge in [-0.1, -0.05) is 40.9 Å². The first-order valence-electron chi connectivity index (χ1n) is 6.55. The lowest BCUT2D eigenvalue weighted by atomic mass is 10.1. The van der Waals surface area contributed by atoms with Crippen LogP contribution >= 0.6 is 34.8 Å². The van der Waals surface area contributed by atoms with Crippen molar-refractivity contribution >= 4 is 40.5 Å². The summed E-state index contributed by atoms with van der Waals surface area (Å²) in [5, 5.41) is 5.72. The minimum atomic E-state index is 0.263. The van der Waals surface area contributed by atoms with E-state index in [2.05, 4.69) is 11.4 Å². The molecule has 3 rings (SSSR count). The Morgan fingerprint density at radius 1 is 1.05 bits per heavy atom. The molecule has 20 heavy (non-hydrogen) atoms. The van der Waals surface area contributed by atoms with Crippen LogP contribution in [0.4, 0.5) is 5.69 Å². The fourth-order valence-electron chi connectivity index (χ4n) is 2.68. The van der Waals surface area contributed by atoms with E-state index >= 15 is 0 Å². The van der Waals surface area contributed by atoms with Crippen molar-refractivity contribution in [2.75, 3.05) is 5.32 Å². The topological polar surface area (TPSA) is 12.0 Å². The molecule has 0 heterocycles. The lowest BCUT2D eigenvalue weighted by Gasteiger charge is -2.17. The molecule has 1 atom stereocenters. The third-order valence-electron chi connectivity index (χ3n) is 3.76. The number of anilines is 1. The molecule has 0 spiro atoms. The molecule has 0 radical (unpaired) electrons. The van der Waals surface area contributed by atoms with E-state index in [0.717, 1.165) is 34.1 Å². The van der Waals surface area contributed by atoms with Crippen molar-refractivity contribution in [3.05, 3.63) is 62.1 Å². The van der Waals surface area contributed by atoms with E-state index in [9.17, 15) is 0 Å². The first kappa shape index (κ1) is 14.1. The maximum atomic E-state index is 6.29. The zero-order valence-electron chi connectivity index (χ0n) is 11.0. The van der Waals surface area contributed by atoms with Crippen LogP contribution in [-0.2, 0) is 6.42 Å². The van der Waals surface area contributed by atoms with Gasteiger partial charge < -0.3 is 5.32 Å². The fraction of sp³-hybridized carbons (Fsp3) is 0.250. The number of aryl methyl sites for hydroxylation is 2. The number of fused-ring (bicyclic) bond motifs is 1. The van der Waals surface area contributed by atoms with Gasteiger partial charge in [0.15, 0.2) is 0 Å². The van der Waals surface area contributed by atoms with Crippen LogP contribution in [0.25, 0.3) is 0 Å². The average Bonchev–Trinajstić information content (AvgIpc) is 2.78. The summed E-state index contributed by atoms with van der Waals surface area (Å²) in [6, 6.07) is 10.1. The lowest BCUT2D eigenvalue weighted by molar-refractivity contribution is 0.762. The van der Waals surface area contributed by atoms with Gasteiger partial charge in [-0.2, -0.15) is 0 Å². The van der Waals surface area contributed by atoms with Gasteiger partial charge >= 0.3 is 0 Å². The first-order valence-corrected chi connectivity index (χ1v) is 7.68. The number of rotatable bonds is 2. The summed E-state index contributed by atoms with van der Waals surface area (Å²) in [5.41, 5.74) is 4.47. The molecule has 0 bridgehead atoms. The van der Waals surface area contributed by atoms with E-state index in [1.54, 1.807) is 0 Å². The van der Waals surface area contributed by atoms with Gasteiger partial charge in [0.05, 0.1) is 16.8 Å². The van der Waals surface area contributed by atoms with Gasteiger partial charge in [-0.25, -0.2) is 0 Å². The largest absolute Gasteiger partial charge is 0.377 e. The molecule has 0 saturated heterocycles. The average molecular weight is 327 g/mol. The normalized spacial score (nSPS) is 17.1. The minimum absolute atomic E-state index is 0.263. The molecule has 2 aromatic rings. The summed E-state index contributed by atoms with van der Waals surface area (Å²) in [7, 11) is 0. The highest BCUT2D eigenvalue weighted by atomic mass is 35.5. The van der Waals surface area contributed by atoms with E-state index in [1.165, 1.54) is 11.1 Å². The molecule has 1 nitrogen and oxygen atoms in total. The lowest BCUT2D eigenvalue weighted by Crippen LogP contribution is -2.07. The van der Waals surface area contributed by atoms with Gasteiger partial charge in [-0.15, -0.1) is 0 Å². The highest BCUT2D eigenvalue weighted by Gasteiger charge is 2.23. The van der Waals surface area contributed by atoms with Crippen molar-refractivity contribution in [2.45, 2.75) is 25.8 Å². The standard InChI is InChI=1S/C16H14Cl3N/c1-9-6-14(19)16(8-13(9)18)20-15-5-2-10-7-11(17)3-4-12(10)15/h3-4,6-8,15,20H,2,5H2,1H3. The monoisotopic (exact) mass is 325 g/mol. The summed E-state index contributed by atoms with van der Waals surface area (Å²) >= 11 is 18.5. The van der Waals surface area contributed by atoms with Gasteiger partial charge in [-0.3, -0.25) is 0 Å². The SMILES string of the molecule is Cc1cc(Cl)c(NC2CCc3cc(Cl)ccc32)cc1Cl. The van der Waals surface area contributed by atoms with Gasteiger partial charge in [-0.05, 0) is 60.7 Å². The molecule has 1 aliphatic rings. The second kappa shape index (κ2) is 5.48. The molecular weight excluding hydrogens is 313 g/mol. The number of nitrogens with one attached hydrogen (secondary N) is 1. The van der Waals surface area contributed by atoms with E-state index in [-0.39, 0.29) is 6.04 Å². The Morgan fingerprint density at radius 3 is 2.65 bits per heavy atom. The molecule has 1 N–H and O–H groups in total. The number of hydrogen-bond donors (Lipinski definition) is 1.